The molecule has 0 aromatic heterocycles. The van der Waals surface area contributed by atoms with Crippen molar-refractivity contribution in [3.63, 3.8) is 0 Å². The Kier molecular flexibility index (Phi) is 6.11. The van der Waals surface area contributed by atoms with Gasteiger partial charge in [-0.1, -0.05) is 17.7 Å². The predicted octanol–water partition coefficient (Wildman–Crippen LogP) is 5.36. The number of benzene rings is 2. The van der Waals surface area contributed by atoms with Gasteiger partial charge < -0.3 is 9.29 Å². The zero-order valence-electron chi connectivity index (χ0n) is 13.4. The first-order chi connectivity index (χ1) is 11.6. The van der Waals surface area contributed by atoms with Crippen LogP contribution in [-0.2, 0) is 11.4 Å². The van der Waals surface area contributed by atoms with Crippen LogP contribution in [0.25, 0.3) is 0 Å². The number of rotatable bonds is 4. The molecule has 1 fully saturated rings. The third-order valence-electron chi connectivity index (χ3n) is 4.24. The van der Waals surface area contributed by atoms with E-state index in [1.54, 1.807) is 19.2 Å². The van der Waals surface area contributed by atoms with Crippen LogP contribution in [-0.4, -0.2) is 22.5 Å². The lowest BCUT2D eigenvalue weighted by Crippen LogP contribution is -2.38. The first kappa shape index (κ1) is 18.1. The molecule has 1 saturated heterocycles. The molecule has 2 aromatic rings. The number of methoxy groups -OCH3 is 1. The summed E-state index contributed by atoms with van der Waals surface area (Å²) in [4.78, 5) is 0.791. The summed E-state index contributed by atoms with van der Waals surface area (Å²) in [6.45, 7) is 0.823. The Morgan fingerprint density at radius 2 is 1.96 bits per heavy atom. The number of ether oxygens (including phenoxy) is 1. The Morgan fingerprint density at radius 1 is 1.21 bits per heavy atom. The number of hydrogen-bond acceptors (Lipinski definition) is 3. The first-order valence-electron chi connectivity index (χ1n) is 7.87. The normalized spacial score (nSPS) is 19.9. The van der Waals surface area contributed by atoms with Gasteiger partial charge in [-0.15, -0.1) is 4.31 Å². The van der Waals surface area contributed by atoms with Gasteiger partial charge in [-0.05, 0) is 77.2 Å². The van der Waals surface area contributed by atoms with Gasteiger partial charge >= 0.3 is 0 Å². The van der Waals surface area contributed by atoms with Gasteiger partial charge in [-0.25, -0.2) is 0 Å². The predicted molar refractivity (Wildman–Crippen MR) is 102 cm³/mol. The van der Waals surface area contributed by atoms with Crippen molar-refractivity contribution in [3.8, 4) is 5.75 Å². The number of nitrogens with zero attached hydrogens (tertiary/aromatic N) is 1. The summed E-state index contributed by atoms with van der Waals surface area (Å²) in [5.74, 6) is 0.805. The van der Waals surface area contributed by atoms with Crippen molar-refractivity contribution in [1.29, 1.82) is 0 Å². The zero-order chi connectivity index (χ0) is 17.1. The van der Waals surface area contributed by atoms with Gasteiger partial charge in [0.05, 0.1) is 29.0 Å². The molecule has 0 aliphatic carbocycles. The van der Waals surface area contributed by atoms with E-state index in [0.717, 1.165) is 46.5 Å². The lowest BCUT2D eigenvalue weighted by molar-refractivity contribution is 0.255. The molecular weight excluding hydrogens is 410 g/mol. The van der Waals surface area contributed by atoms with Crippen molar-refractivity contribution in [2.24, 2.45) is 0 Å². The lowest BCUT2D eigenvalue weighted by Gasteiger charge is -2.35. The Hall–Kier alpha value is -0.720. The van der Waals surface area contributed by atoms with E-state index in [1.807, 2.05) is 18.2 Å². The van der Waals surface area contributed by atoms with Crippen molar-refractivity contribution < 1.29 is 9.29 Å². The van der Waals surface area contributed by atoms with Gasteiger partial charge in [0.15, 0.2) is 4.90 Å². The molecule has 1 heterocycles. The largest absolute Gasteiger partial charge is 0.593 e. The van der Waals surface area contributed by atoms with Gasteiger partial charge in [-0.2, -0.15) is 0 Å². The molecular formula is C18H19BrClNO2S. The molecule has 0 N–H and O–H groups in total. The van der Waals surface area contributed by atoms with Gasteiger partial charge in [-0.3, -0.25) is 0 Å². The smallest absolute Gasteiger partial charge is 0.174 e. The molecule has 0 radical (unpaired) electrons. The second-order valence-electron chi connectivity index (χ2n) is 5.75. The zero-order valence-corrected chi connectivity index (χ0v) is 16.5. The second-order valence-corrected chi connectivity index (χ2v) is 8.48. The van der Waals surface area contributed by atoms with E-state index < -0.39 is 11.4 Å². The molecule has 2 unspecified atom stereocenters. The van der Waals surface area contributed by atoms with E-state index in [9.17, 15) is 4.55 Å². The summed E-state index contributed by atoms with van der Waals surface area (Å²) in [6.07, 6.45) is 3.20. The highest BCUT2D eigenvalue weighted by atomic mass is 79.9. The summed E-state index contributed by atoms with van der Waals surface area (Å²) in [5.41, 5.74) is 1.16. The molecule has 3 rings (SSSR count). The fraction of sp³-hybridized carbons (Fsp3) is 0.333. The van der Waals surface area contributed by atoms with E-state index in [4.69, 9.17) is 16.3 Å². The van der Waals surface area contributed by atoms with Gasteiger partial charge in [0.2, 0.25) is 0 Å². The van der Waals surface area contributed by atoms with Crippen molar-refractivity contribution in [2.75, 3.05) is 13.7 Å². The van der Waals surface area contributed by atoms with Crippen LogP contribution in [0.15, 0.2) is 51.8 Å². The van der Waals surface area contributed by atoms with Gasteiger partial charge in [0.1, 0.15) is 5.75 Å². The molecule has 0 spiro atoms. The number of hydrogen-bond donors (Lipinski definition) is 0. The highest BCUT2D eigenvalue weighted by molar-refractivity contribution is 9.10. The summed E-state index contributed by atoms with van der Waals surface area (Å²) in [7, 11) is 1.66. The third kappa shape index (κ3) is 3.92. The molecule has 1 aliphatic heterocycles. The topological polar surface area (TPSA) is 35.5 Å². The molecule has 24 heavy (non-hydrogen) atoms. The van der Waals surface area contributed by atoms with E-state index in [0.29, 0.717) is 5.02 Å². The fourth-order valence-electron chi connectivity index (χ4n) is 3.01. The SMILES string of the molecule is COc1ccc(C2CCCCN2[S+]([O-])c2ccc(Cl)cc2)cc1Br. The fourth-order valence-corrected chi connectivity index (χ4v) is 5.09. The van der Waals surface area contributed by atoms with E-state index in [2.05, 4.69) is 32.4 Å². The van der Waals surface area contributed by atoms with Gasteiger partial charge in [0.25, 0.3) is 0 Å². The summed E-state index contributed by atoms with van der Waals surface area (Å²) in [6, 6.07) is 13.5. The van der Waals surface area contributed by atoms with Crippen LogP contribution in [0.5, 0.6) is 5.75 Å². The van der Waals surface area contributed by atoms with Gasteiger partial charge in [0, 0.05) is 11.6 Å². The van der Waals surface area contributed by atoms with E-state index >= 15 is 0 Å². The molecule has 3 nitrogen and oxygen atoms in total. The maximum absolute atomic E-state index is 13.1. The van der Waals surface area contributed by atoms with Crippen LogP contribution in [0, 0.1) is 0 Å². The van der Waals surface area contributed by atoms with Crippen molar-refractivity contribution in [1.82, 2.24) is 4.31 Å². The van der Waals surface area contributed by atoms with E-state index in [-0.39, 0.29) is 6.04 Å². The minimum absolute atomic E-state index is 0.137. The summed E-state index contributed by atoms with van der Waals surface area (Å²) in [5, 5.41) is 0.657. The number of piperidine rings is 1. The highest BCUT2D eigenvalue weighted by Crippen LogP contribution is 2.38. The summed E-state index contributed by atoms with van der Waals surface area (Å²) >= 11 is 8.30. The first-order valence-corrected chi connectivity index (χ1v) is 10.2. The monoisotopic (exact) mass is 427 g/mol. The second kappa shape index (κ2) is 8.11. The van der Waals surface area contributed by atoms with Crippen molar-refractivity contribution in [3.05, 3.63) is 57.5 Å². The van der Waals surface area contributed by atoms with Crippen molar-refractivity contribution in [2.45, 2.75) is 30.2 Å². The van der Waals surface area contributed by atoms with Crippen LogP contribution >= 0.6 is 27.5 Å². The Balaban J connectivity index is 1.87. The van der Waals surface area contributed by atoms with Crippen molar-refractivity contribution >= 4 is 38.9 Å². The molecule has 2 aromatic carbocycles. The van der Waals surface area contributed by atoms with Crippen LogP contribution in [0.2, 0.25) is 5.02 Å². The van der Waals surface area contributed by atoms with Crippen LogP contribution in [0.3, 0.4) is 0 Å². The molecule has 0 amide bonds. The average molecular weight is 429 g/mol. The maximum atomic E-state index is 13.1. The number of halogens is 2. The maximum Gasteiger partial charge on any atom is 0.174 e. The standard InChI is InChI=1S/C18H19BrClNO2S/c1-23-18-10-5-13(12-16(18)19)17-4-2-3-11-21(17)24(22)15-8-6-14(20)7-9-15/h5-10,12,17H,2-4,11H2,1H3. The average Bonchev–Trinajstić information content (AvgIpc) is 2.61. The summed E-state index contributed by atoms with van der Waals surface area (Å²) < 4.78 is 21.4. The minimum atomic E-state index is -1.19. The molecule has 0 saturated carbocycles. The molecule has 0 bridgehead atoms. The Bertz CT molecular complexity index is 698. The quantitative estimate of drug-likeness (QED) is 0.615. The molecule has 1 aliphatic rings. The van der Waals surface area contributed by atoms with Crippen LogP contribution < -0.4 is 4.74 Å². The minimum Gasteiger partial charge on any atom is -0.593 e. The third-order valence-corrected chi connectivity index (χ3v) is 6.65. The lowest BCUT2D eigenvalue weighted by atomic mass is 9.97. The molecule has 128 valence electrons. The molecule has 6 heteroatoms. The molecule has 2 atom stereocenters. The van der Waals surface area contributed by atoms with E-state index in [1.165, 1.54) is 0 Å². The Morgan fingerprint density at radius 3 is 2.62 bits per heavy atom. The highest BCUT2D eigenvalue weighted by Gasteiger charge is 2.34. The Labute approximate surface area is 159 Å². The van der Waals surface area contributed by atoms with Crippen LogP contribution in [0.1, 0.15) is 30.9 Å². The van der Waals surface area contributed by atoms with Crippen LogP contribution in [0.4, 0.5) is 0 Å².